The standard InChI is InChI=1S/C23H28N4O3/c1-17(19-12-7-8-14-24-19)27(16-18-10-5-4-6-11-18)20(28)13-9-15-26-21(29)23(2,3)25-22(26)30/h4-8,10-12,14,17H,9,13,15-16H2,1-3H3,(H,25,30). The number of nitrogens with one attached hydrogen (secondary N) is 1. The van der Waals surface area contributed by atoms with E-state index >= 15 is 0 Å². The Bertz CT molecular complexity index is 899. The monoisotopic (exact) mass is 408 g/mol. The second kappa shape index (κ2) is 9.07. The van der Waals surface area contributed by atoms with Gasteiger partial charge in [-0.1, -0.05) is 36.4 Å². The van der Waals surface area contributed by atoms with Crippen molar-refractivity contribution >= 4 is 17.8 Å². The number of hydrogen-bond donors (Lipinski definition) is 1. The molecule has 7 nitrogen and oxygen atoms in total. The van der Waals surface area contributed by atoms with E-state index in [0.717, 1.165) is 11.3 Å². The molecule has 1 atom stereocenters. The normalized spacial score (nSPS) is 16.3. The van der Waals surface area contributed by atoms with Crippen molar-refractivity contribution in [3.8, 4) is 0 Å². The quantitative estimate of drug-likeness (QED) is 0.680. The average molecular weight is 409 g/mol. The summed E-state index contributed by atoms with van der Waals surface area (Å²) < 4.78 is 0. The molecular formula is C23H28N4O3. The number of pyridine rings is 1. The van der Waals surface area contributed by atoms with Crippen molar-refractivity contribution in [2.45, 2.75) is 51.7 Å². The Kier molecular flexibility index (Phi) is 6.50. The maximum absolute atomic E-state index is 13.1. The Labute approximate surface area is 177 Å². The fourth-order valence-electron chi connectivity index (χ4n) is 3.56. The highest BCUT2D eigenvalue weighted by molar-refractivity contribution is 6.06. The number of carbonyl (C=O) groups excluding carboxylic acids is 3. The van der Waals surface area contributed by atoms with Crippen molar-refractivity contribution in [3.63, 3.8) is 0 Å². The van der Waals surface area contributed by atoms with Gasteiger partial charge in [0.25, 0.3) is 5.91 Å². The molecule has 7 heteroatoms. The summed E-state index contributed by atoms with van der Waals surface area (Å²) in [7, 11) is 0. The Balaban J connectivity index is 1.67. The first-order valence-corrected chi connectivity index (χ1v) is 10.2. The van der Waals surface area contributed by atoms with Crippen LogP contribution >= 0.6 is 0 Å². The van der Waals surface area contributed by atoms with Crippen LogP contribution < -0.4 is 5.32 Å². The molecule has 4 amide bonds. The summed E-state index contributed by atoms with van der Waals surface area (Å²) in [5, 5.41) is 2.66. The van der Waals surface area contributed by atoms with Gasteiger partial charge in [-0.15, -0.1) is 0 Å². The zero-order valence-corrected chi connectivity index (χ0v) is 17.7. The lowest BCUT2D eigenvalue weighted by atomic mass is 10.1. The molecule has 2 aromatic rings. The van der Waals surface area contributed by atoms with E-state index in [4.69, 9.17) is 0 Å². The van der Waals surface area contributed by atoms with Crippen molar-refractivity contribution in [2.24, 2.45) is 0 Å². The lowest BCUT2D eigenvalue weighted by Crippen LogP contribution is -2.40. The lowest BCUT2D eigenvalue weighted by molar-refractivity contribution is -0.135. The minimum Gasteiger partial charge on any atom is -0.330 e. The Morgan fingerprint density at radius 2 is 1.83 bits per heavy atom. The number of carbonyl (C=O) groups is 3. The maximum atomic E-state index is 13.1. The van der Waals surface area contributed by atoms with Crippen LogP contribution in [0.1, 0.15) is 50.9 Å². The Morgan fingerprint density at radius 1 is 1.13 bits per heavy atom. The third-order valence-electron chi connectivity index (χ3n) is 5.32. The molecule has 0 spiro atoms. The van der Waals surface area contributed by atoms with Gasteiger partial charge in [-0.3, -0.25) is 19.5 Å². The summed E-state index contributed by atoms with van der Waals surface area (Å²) in [6.07, 6.45) is 2.37. The second-order valence-electron chi connectivity index (χ2n) is 8.05. The zero-order chi connectivity index (χ0) is 21.7. The molecular weight excluding hydrogens is 380 g/mol. The number of nitrogens with zero attached hydrogens (tertiary/aromatic N) is 3. The van der Waals surface area contributed by atoms with Gasteiger partial charge in [0.2, 0.25) is 5.91 Å². The van der Waals surface area contributed by atoms with Crippen LogP contribution in [0.15, 0.2) is 54.7 Å². The minimum absolute atomic E-state index is 0.0386. The smallest absolute Gasteiger partial charge is 0.325 e. The van der Waals surface area contributed by atoms with Gasteiger partial charge in [-0.25, -0.2) is 4.79 Å². The molecule has 1 N–H and O–H groups in total. The van der Waals surface area contributed by atoms with E-state index in [-0.39, 0.29) is 30.8 Å². The van der Waals surface area contributed by atoms with Gasteiger partial charge in [-0.05, 0) is 44.9 Å². The van der Waals surface area contributed by atoms with Crippen LogP contribution in [0, 0.1) is 0 Å². The third-order valence-corrected chi connectivity index (χ3v) is 5.32. The van der Waals surface area contributed by atoms with E-state index in [2.05, 4.69) is 10.3 Å². The maximum Gasteiger partial charge on any atom is 0.325 e. The first kappa shape index (κ1) is 21.5. The molecule has 1 aromatic carbocycles. The van der Waals surface area contributed by atoms with Crippen LogP contribution in [0.4, 0.5) is 4.79 Å². The molecule has 0 bridgehead atoms. The largest absolute Gasteiger partial charge is 0.330 e. The van der Waals surface area contributed by atoms with Crippen LogP contribution in [-0.2, 0) is 16.1 Å². The number of urea groups is 1. The van der Waals surface area contributed by atoms with Crippen molar-refractivity contribution in [2.75, 3.05) is 6.54 Å². The molecule has 30 heavy (non-hydrogen) atoms. The molecule has 0 aliphatic carbocycles. The van der Waals surface area contributed by atoms with Gasteiger partial charge < -0.3 is 10.2 Å². The van der Waals surface area contributed by atoms with E-state index in [9.17, 15) is 14.4 Å². The molecule has 1 unspecified atom stereocenters. The van der Waals surface area contributed by atoms with Gasteiger partial charge in [0.05, 0.1) is 11.7 Å². The zero-order valence-electron chi connectivity index (χ0n) is 17.7. The lowest BCUT2D eigenvalue weighted by Gasteiger charge is -2.29. The molecule has 0 radical (unpaired) electrons. The number of imide groups is 1. The summed E-state index contributed by atoms with van der Waals surface area (Å²) >= 11 is 0. The summed E-state index contributed by atoms with van der Waals surface area (Å²) in [4.78, 5) is 44.9. The van der Waals surface area contributed by atoms with E-state index in [0.29, 0.717) is 13.0 Å². The molecule has 158 valence electrons. The van der Waals surface area contributed by atoms with Gasteiger partial charge in [-0.2, -0.15) is 0 Å². The number of rotatable bonds is 8. The predicted octanol–water partition coefficient (Wildman–Crippen LogP) is 3.28. The van der Waals surface area contributed by atoms with Crippen molar-refractivity contribution in [1.82, 2.24) is 20.1 Å². The Morgan fingerprint density at radius 3 is 2.43 bits per heavy atom. The molecule has 0 saturated carbocycles. The highest BCUT2D eigenvalue weighted by Gasteiger charge is 2.43. The molecule has 1 aromatic heterocycles. The van der Waals surface area contributed by atoms with Gasteiger partial charge in [0, 0.05) is 25.7 Å². The fourth-order valence-corrected chi connectivity index (χ4v) is 3.56. The van der Waals surface area contributed by atoms with Crippen LogP contribution in [0.5, 0.6) is 0 Å². The van der Waals surface area contributed by atoms with Gasteiger partial charge in [0.1, 0.15) is 5.54 Å². The first-order valence-electron chi connectivity index (χ1n) is 10.2. The van der Waals surface area contributed by atoms with Crippen molar-refractivity contribution in [3.05, 3.63) is 66.0 Å². The summed E-state index contributed by atoms with van der Waals surface area (Å²) in [5.74, 6) is -0.300. The highest BCUT2D eigenvalue weighted by Crippen LogP contribution is 2.23. The first-order chi connectivity index (χ1) is 14.3. The SMILES string of the molecule is CC(c1ccccn1)N(Cc1ccccc1)C(=O)CCCN1C(=O)NC(C)(C)C1=O. The summed E-state index contributed by atoms with van der Waals surface area (Å²) in [6.45, 7) is 6.00. The van der Waals surface area contributed by atoms with Crippen LogP contribution in [0.25, 0.3) is 0 Å². The molecule has 1 fully saturated rings. The number of hydrogen-bond acceptors (Lipinski definition) is 4. The van der Waals surface area contributed by atoms with Crippen molar-refractivity contribution in [1.29, 1.82) is 0 Å². The third kappa shape index (κ3) is 4.84. The predicted molar refractivity (Wildman–Crippen MR) is 113 cm³/mol. The minimum atomic E-state index is -0.895. The average Bonchev–Trinajstić information content (AvgIpc) is 2.94. The number of benzene rings is 1. The van der Waals surface area contributed by atoms with Gasteiger partial charge >= 0.3 is 6.03 Å². The van der Waals surface area contributed by atoms with Gasteiger partial charge in [0.15, 0.2) is 0 Å². The molecule has 1 aliphatic rings. The molecule has 3 rings (SSSR count). The van der Waals surface area contributed by atoms with E-state index in [1.807, 2.05) is 55.5 Å². The molecule has 2 heterocycles. The Hall–Kier alpha value is -3.22. The van der Waals surface area contributed by atoms with E-state index in [1.54, 1.807) is 24.9 Å². The van der Waals surface area contributed by atoms with E-state index < -0.39 is 11.6 Å². The topological polar surface area (TPSA) is 82.6 Å². The highest BCUT2D eigenvalue weighted by atomic mass is 16.2. The van der Waals surface area contributed by atoms with Crippen LogP contribution in [0.3, 0.4) is 0 Å². The van der Waals surface area contributed by atoms with E-state index in [1.165, 1.54) is 4.90 Å². The second-order valence-corrected chi connectivity index (χ2v) is 8.05. The summed E-state index contributed by atoms with van der Waals surface area (Å²) in [5.41, 5.74) is 0.954. The summed E-state index contributed by atoms with van der Waals surface area (Å²) in [6, 6.07) is 14.9. The number of aromatic nitrogens is 1. The fraction of sp³-hybridized carbons (Fsp3) is 0.391. The molecule has 1 saturated heterocycles. The number of amides is 4. The molecule has 1 aliphatic heterocycles. The van der Waals surface area contributed by atoms with Crippen molar-refractivity contribution < 1.29 is 14.4 Å². The van der Waals surface area contributed by atoms with Crippen LogP contribution in [-0.4, -0.2) is 44.7 Å². The van der Waals surface area contributed by atoms with Crippen LogP contribution in [0.2, 0.25) is 0 Å².